The van der Waals surface area contributed by atoms with Crippen molar-refractivity contribution in [3.05, 3.63) is 35.4 Å². The van der Waals surface area contributed by atoms with Crippen LogP contribution in [0.2, 0.25) is 0 Å². The molecule has 17 heavy (non-hydrogen) atoms. The highest BCUT2D eigenvalue weighted by molar-refractivity contribution is 5.93. The largest absolute Gasteiger partial charge is 0.385 e. The Morgan fingerprint density at radius 3 is 2.82 bits per heavy atom. The van der Waals surface area contributed by atoms with Crippen LogP contribution >= 0.6 is 12.4 Å². The molecule has 3 N–H and O–H groups in total. The van der Waals surface area contributed by atoms with E-state index in [2.05, 4.69) is 0 Å². The van der Waals surface area contributed by atoms with Gasteiger partial charge in [0.25, 0.3) is 0 Å². The molecule has 2 unspecified atom stereocenters. The highest BCUT2D eigenvalue weighted by Crippen LogP contribution is 2.32. The van der Waals surface area contributed by atoms with Gasteiger partial charge in [-0.2, -0.15) is 0 Å². The zero-order valence-electron chi connectivity index (χ0n) is 9.85. The molecule has 1 saturated carbocycles. The van der Waals surface area contributed by atoms with E-state index in [9.17, 15) is 9.90 Å². The van der Waals surface area contributed by atoms with Gasteiger partial charge in [-0.25, -0.2) is 0 Å². The van der Waals surface area contributed by atoms with Crippen molar-refractivity contribution >= 4 is 18.2 Å². The second-order valence-electron chi connectivity index (χ2n) is 4.61. The molecule has 94 valence electrons. The number of hydrogen-bond donors (Lipinski definition) is 2. The zero-order chi connectivity index (χ0) is 11.8. The van der Waals surface area contributed by atoms with Gasteiger partial charge in [0.15, 0.2) is 5.78 Å². The molecular formula is C13H18ClNO2. The van der Waals surface area contributed by atoms with Crippen LogP contribution in [-0.4, -0.2) is 17.0 Å². The van der Waals surface area contributed by atoms with Gasteiger partial charge in [0, 0.05) is 0 Å². The van der Waals surface area contributed by atoms with Gasteiger partial charge < -0.3 is 10.8 Å². The molecule has 0 aromatic heterocycles. The molecule has 1 aromatic carbocycles. The van der Waals surface area contributed by atoms with Crippen molar-refractivity contribution in [1.82, 2.24) is 0 Å². The fourth-order valence-electron chi connectivity index (χ4n) is 2.34. The van der Waals surface area contributed by atoms with Crippen LogP contribution in [0.1, 0.15) is 30.4 Å². The van der Waals surface area contributed by atoms with E-state index in [4.69, 9.17) is 5.73 Å². The summed E-state index contributed by atoms with van der Waals surface area (Å²) in [6, 6.07) is 7.66. The second kappa shape index (κ2) is 5.17. The van der Waals surface area contributed by atoms with Crippen LogP contribution in [0.3, 0.4) is 0 Å². The number of carbonyl (C=O) groups is 1. The van der Waals surface area contributed by atoms with E-state index >= 15 is 0 Å². The first-order chi connectivity index (χ1) is 7.54. The normalized spacial score (nSPS) is 28.6. The summed E-state index contributed by atoms with van der Waals surface area (Å²) in [5.41, 5.74) is 7.07. The molecule has 0 amide bonds. The van der Waals surface area contributed by atoms with Gasteiger partial charge in [-0.3, -0.25) is 4.79 Å². The molecule has 1 aliphatic carbocycles. The first kappa shape index (κ1) is 14.2. The number of aryl methyl sites for hydroxylation is 1. The van der Waals surface area contributed by atoms with E-state index in [1.54, 1.807) is 0 Å². The fraction of sp³-hybridized carbons (Fsp3) is 0.462. The van der Waals surface area contributed by atoms with Crippen LogP contribution in [0.15, 0.2) is 24.3 Å². The molecule has 1 aromatic rings. The predicted molar refractivity (Wildman–Crippen MR) is 69.2 cm³/mol. The molecule has 0 heterocycles. The number of halogens is 1. The lowest BCUT2D eigenvalue weighted by Crippen LogP contribution is -2.52. The molecule has 0 radical (unpaired) electrons. The van der Waals surface area contributed by atoms with Crippen LogP contribution in [0.25, 0.3) is 0 Å². The summed E-state index contributed by atoms with van der Waals surface area (Å²) in [7, 11) is 0. The first-order valence-corrected chi connectivity index (χ1v) is 5.62. The van der Waals surface area contributed by atoms with Crippen molar-refractivity contribution in [2.45, 2.75) is 37.8 Å². The SMILES string of the molecule is Cc1cccc(C2(N)CCCC(O)C2=O)c1.Cl. The van der Waals surface area contributed by atoms with Gasteiger partial charge in [0.05, 0.1) is 0 Å². The Labute approximate surface area is 107 Å². The number of Topliss-reactive ketones (excluding diaryl/α,β-unsaturated/α-hetero) is 1. The topological polar surface area (TPSA) is 63.3 Å². The van der Waals surface area contributed by atoms with Gasteiger partial charge in [-0.15, -0.1) is 12.4 Å². The summed E-state index contributed by atoms with van der Waals surface area (Å²) in [4.78, 5) is 12.0. The maximum atomic E-state index is 12.0. The Bertz CT molecular complexity index is 422. The van der Waals surface area contributed by atoms with E-state index in [1.165, 1.54) is 0 Å². The Hall–Kier alpha value is -0.900. The zero-order valence-corrected chi connectivity index (χ0v) is 10.7. The van der Waals surface area contributed by atoms with Crippen LogP contribution in [0.4, 0.5) is 0 Å². The third kappa shape index (κ3) is 2.51. The van der Waals surface area contributed by atoms with Crippen LogP contribution in [0.5, 0.6) is 0 Å². The average molecular weight is 256 g/mol. The second-order valence-corrected chi connectivity index (χ2v) is 4.61. The first-order valence-electron chi connectivity index (χ1n) is 5.62. The third-order valence-corrected chi connectivity index (χ3v) is 3.32. The quantitative estimate of drug-likeness (QED) is 0.803. The lowest BCUT2D eigenvalue weighted by molar-refractivity contribution is -0.136. The van der Waals surface area contributed by atoms with E-state index in [-0.39, 0.29) is 18.2 Å². The molecule has 0 spiro atoms. The number of nitrogens with two attached hydrogens (primary N) is 1. The minimum absolute atomic E-state index is 0. The standard InChI is InChI=1S/C13H17NO2.ClH/c1-9-4-2-5-10(8-9)13(14)7-3-6-11(15)12(13)16;/h2,4-5,8,11,15H,3,6-7,14H2,1H3;1H. The minimum atomic E-state index is -0.996. The summed E-state index contributed by atoms with van der Waals surface area (Å²) < 4.78 is 0. The molecule has 0 bridgehead atoms. The van der Waals surface area contributed by atoms with Gasteiger partial charge in [-0.1, -0.05) is 29.8 Å². The number of rotatable bonds is 1. The van der Waals surface area contributed by atoms with E-state index in [0.717, 1.165) is 17.5 Å². The summed E-state index contributed by atoms with van der Waals surface area (Å²) >= 11 is 0. The van der Waals surface area contributed by atoms with Crippen LogP contribution in [-0.2, 0) is 10.3 Å². The maximum absolute atomic E-state index is 12.0. The van der Waals surface area contributed by atoms with Gasteiger partial charge in [0.2, 0.25) is 0 Å². The number of ketones is 1. The Kier molecular flexibility index (Phi) is 4.31. The molecule has 2 atom stereocenters. The lowest BCUT2D eigenvalue weighted by atomic mass is 9.75. The van der Waals surface area contributed by atoms with Crippen molar-refractivity contribution in [3.63, 3.8) is 0 Å². The van der Waals surface area contributed by atoms with Crippen LogP contribution in [0, 0.1) is 6.92 Å². The molecule has 2 rings (SSSR count). The molecule has 3 nitrogen and oxygen atoms in total. The number of carbonyl (C=O) groups excluding carboxylic acids is 1. The highest BCUT2D eigenvalue weighted by atomic mass is 35.5. The Morgan fingerprint density at radius 2 is 2.18 bits per heavy atom. The number of benzene rings is 1. The molecule has 1 fully saturated rings. The highest BCUT2D eigenvalue weighted by Gasteiger charge is 2.42. The third-order valence-electron chi connectivity index (χ3n) is 3.32. The maximum Gasteiger partial charge on any atom is 0.185 e. The van der Waals surface area contributed by atoms with E-state index < -0.39 is 11.6 Å². The van der Waals surface area contributed by atoms with E-state index in [1.807, 2.05) is 31.2 Å². The molecular weight excluding hydrogens is 238 g/mol. The van der Waals surface area contributed by atoms with Gasteiger partial charge in [-0.05, 0) is 31.7 Å². The van der Waals surface area contributed by atoms with Gasteiger partial charge in [0.1, 0.15) is 11.6 Å². The summed E-state index contributed by atoms with van der Waals surface area (Å²) in [5.74, 6) is -0.246. The molecule has 1 aliphatic rings. The summed E-state index contributed by atoms with van der Waals surface area (Å²) in [5, 5.41) is 9.61. The van der Waals surface area contributed by atoms with E-state index in [0.29, 0.717) is 12.8 Å². The smallest absolute Gasteiger partial charge is 0.185 e. The summed E-state index contributed by atoms with van der Waals surface area (Å²) in [6.07, 6.45) is 1.03. The summed E-state index contributed by atoms with van der Waals surface area (Å²) in [6.45, 7) is 1.97. The Balaban J connectivity index is 0.00000144. The number of hydrogen-bond acceptors (Lipinski definition) is 3. The van der Waals surface area contributed by atoms with Gasteiger partial charge >= 0.3 is 0 Å². The number of aliphatic hydroxyl groups excluding tert-OH is 1. The molecule has 0 aliphatic heterocycles. The van der Waals surface area contributed by atoms with Crippen molar-refractivity contribution in [3.8, 4) is 0 Å². The van der Waals surface area contributed by atoms with Crippen molar-refractivity contribution in [2.75, 3.05) is 0 Å². The Morgan fingerprint density at radius 1 is 1.47 bits per heavy atom. The van der Waals surface area contributed by atoms with Crippen LogP contribution < -0.4 is 5.73 Å². The number of aliphatic hydroxyl groups is 1. The van der Waals surface area contributed by atoms with Crippen molar-refractivity contribution in [1.29, 1.82) is 0 Å². The average Bonchev–Trinajstić information content (AvgIpc) is 2.26. The minimum Gasteiger partial charge on any atom is -0.385 e. The lowest BCUT2D eigenvalue weighted by Gasteiger charge is -2.34. The van der Waals surface area contributed by atoms with Crippen molar-refractivity contribution < 1.29 is 9.90 Å². The fourth-order valence-corrected chi connectivity index (χ4v) is 2.34. The molecule has 0 saturated heterocycles. The monoisotopic (exact) mass is 255 g/mol. The van der Waals surface area contributed by atoms with Crippen molar-refractivity contribution in [2.24, 2.45) is 5.73 Å². The predicted octanol–water partition coefficient (Wildman–Crippen LogP) is 1.68. The molecule has 4 heteroatoms.